The molecule has 4 nitrogen and oxygen atoms in total. The molecule has 0 atom stereocenters. The molecule has 0 aromatic heterocycles. The van der Waals surface area contributed by atoms with E-state index < -0.39 is 0 Å². The van der Waals surface area contributed by atoms with Gasteiger partial charge in [0, 0.05) is 5.02 Å². The summed E-state index contributed by atoms with van der Waals surface area (Å²) in [6.07, 6.45) is 1.74. The van der Waals surface area contributed by atoms with E-state index in [1.165, 1.54) is 0 Å². The summed E-state index contributed by atoms with van der Waals surface area (Å²) in [4.78, 5) is 11.9. The third kappa shape index (κ3) is 5.75. The molecule has 2 rings (SSSR count). The molecule has 23 heavy (non-hydrogen) atoms. The number of ether oxygens (including phenoxy) is 1. The average molecular weight is 331 g/mol. The Balaban J connectivity index is 1.91. The molecular formula is C18H19ClN2O2. The topological polar surface area (TPSA) is 50.7 Å². The SMILES string of the molecule is CCCC(=NNC(=O)COc1ccc(Cl)cc1)c1ccccc1. The number of halogens is 1. The van der Waals surface area contributed by atoms with Crippen LogP contribution in [-0.4, -0.2) is 18.2 Å². The predicted octanol–water partition coefficient (Wildman–Crippen LogP) is 4.04. The van der Waals surface area contributed by atoms with Crippen LogP contribution in [0.5, 0.6) is 5.75 Å². The van der Waals surface area contributed by atoms with Gasteiger partial charge in [-0.25, -0.2) is 5.43 Å². The van der Waals surface area contributed by atoms with E-state index in [1.807, 2.05) is 30.3 Å². The second-order valence-corrected chi connectivity index (χ2v) is 5.39. The Morgan fingerprint density at radius 3 is 2.48 bits per heavy atom. The quantitative estimate of drug-likeness (QED) is 0.615. The number of carbonyl (C=O) groups excluding carboxylic acids is 1. The number of carbonyl (C=O) groups is 1. The van der Waals surface area contributed by atoms with E-state index in [0.717, 1.165) is 24.1 Å². The smallest absolute Gasteiger partial charge is 0.277 e. The van der Waals surface area contributed by atoms with Crippen LogP contribution in [0.4, 0.5) is 0 Å². The van der Waals surface area contributed by atoms with Crippen molar-refractivity contribution in [3.05, 3.63) is 65.2 Å². The molecule has 0 aliphatic rings. The third-order valence-corrected chi connectivity index (χ3v) is 3.34. The van der Waals surface area contributed by atoms with Crippen molar-refractivity contribution in [1.82, 2.24) is 5.43 Å². The molecule has 1 amide bonds. The largest absolute Gasteiger partial charge is 0.484 e. The second kappa shape index (κ2) is 8.96. The van der Waals surface area contributed by atoms with E-state index in [-0.39, 0.29) is 12.5 Å². The average Bonchev–Trinajstić information content (AvgIpc) is 2.59. The normalized spacial score (nSPS) is 11.1. The van der Waals surface area contributed by atoms with Crippen LogP contribution in [0.3, 0.4) is 0 Å². The van der Waals surface area contributed by atoms with Crippen LogP contribution < -0.4 is 10.2 Å². The van der Waals surface area contributed by atoms with E-state index in [1.54, 1.807) is 24.3 Å². The van der Waals surface area contributed by atoms with E-state index >= 15 is 0 Å². The standard InChI is InChI=1S/C18H19ClN2O2/c1-2-6-17(14-7-4-3-5-8-14)20-21-18(22)13-23-16-11-9-15(19)10-12-16/h3-5,7-12H,2,6,13H2,1H3,(H,21,22). The molecule has 0 spiro atoms. The lowest BCUT2D eigenvalue weighted by atomic mass is 10.1. The Labute approximate surface area is 141 Å². The van der Waals surface area contributed by atoms with Crippen molar-refractivity contribution in [3.8, 4) is 5.75 Å². The van der Waals surface area contributed by atoms with Crippen molar-refractivity contribution < 1.29 is 9.53 Å². The molecule has 0 aliphatic carbocycles. The Morgan fingerprint density at radius 1 is 1.13 bits per heavy atom. The van der Waals surface area contributed by atoms with Gasteiger partial charge in [-0.3, -0.25) is 4.79 Å². The van der Waals surface area contributed by atoms with Crippen molar-refractivity contribution in [2.45, 2.75) is 19.8 Å². The van der Waals surface area contributed by atoms with Crippen LogP contribution in [-0.2, 0) is 4.79 Å². The first-order valence-corrected chi connectivity index (χ1v) is 7.86. The van der Waals surface area contributed by atoms with Gasteiger partial charge in [-0.1, -0.05) is 55.3 Å². The molecular weight excluding hydrogens is 312 g/mol. The molecule has 0 saturated heterocycles. The maximum absolute atomic E-state index is 11.9. The van der Waals surface area contributed by atoms with Gasteiger partial charge in [0.05, 0.1) is 5.71 Å². The van der Waals surface area contributed by atoms with Crippen LogP contribution in [0.25, 0.3) is 0 Å². The lowest BCUT2D eigenvalue weighted by molar-refractivity contribution is -0.123. The minimum atomic E-state index is -0.301. The third-order valence-electron chi connectivity index (χ3n) is 3.09. The van der Waals surface area contributed by atoms with Crippen LogP contribution in [0.15, 0.2) is 59.7 Å². The number of rotatable bonds is 7. The first-order chi connectivity index (χ1) is 11.2. The first kappa shape index (κ1) is 17.0. The van der Waals surface area contributed by atoms with Crippen molar-refractivity contribution in [1.29, 1.82) is 0 Å². The van der Waals surface area contributed by atoms with Crippen LogP contribution >= 0.6 is 11.6 Å². The molecule has 0 heterocycles. The van der Waals surface area contributed by atoms with Crippen molar-refractivity contribution in [2.24, 2.45) is 5.10 Å². The molecule has 2 aromatic rings. The Hall–Kier alpha value is -2.33. The van der Waals surface area contributed by atoms with E-state index in [9.17, 15) is 4.79 Å². The van der Waals surface area contributed by atoms with Gasteiger partial charge in [-0.15, -0.1) is 0 Å². The van der Waals surface area contributed by atoms with E-state index in [0.29, 0.717) is 10.8 Å². The summed E-state index contributed by atoms with van der Waals surface area (Å²) >= 11 is 5.79. The summed E-state index contributed by atoms with van der Waals surface area (Å²) in [5.74, 6) is 0.287. The maximum Gasteiger partial charge on any atom is 0.277 e. The summed E-state index contributed by atoms with van der Waals surface area (Å²) in [5.41, 5.74) is 4.41. The summed E-state index contributed by atoms with van der Waals surface area (Å²) in [6.45, 7) is 1.98. The summed E-state index contributed by atoms with van der Waals surface area (Å²) in [7, 11) is 0. The van der Waals surface area contributed by atoms with Gasteiger partial charge >= 0.3 is 0 Å². The monoisotopic (exact) mass is 330 g/mol. The van der Waals surface area contributed by atoms with Gasteiger partial charge in [0.15, 0.2) is 6.61 Å². The number of nitrogens with zero attached hydrogens (tertiary/aromatic N) is 1. The summed E-state index contributed by atoms with van der Waals surface area (Å²) in [6, 6.07) is 16.7. The Bertz CT molecular complexity index is 654. The molecule has 2 aromatic carbocycles. The number of amides is 1. The van der Waals surface area contributed by atoms with Gasteiger partial charge < -0.3 is 4.74 Å². The van der Waals surface area contributed by atoms with Gasteiger partial charge in [0.25, 0.3) is 5.91 Å². The Morgan fingerprint density at radius 2 is 1.83 bits per heavy atom. The molecule has 120 valence electrons. The minimum absolute atomic E-state index is 0.0979. The fourth-order valence-corrected chi connectivity index (χ4v) is 2.10. The fraction of sp³-hybridized carbons (Fsp3) is 0.222. The lowest BCUT2D eigenvalue weighted by Crippen LogP contribution is -2.26. The second-order valence-electron chi connectivity index (χ2n) is 4.95. The number of hydrogen-bond donors (Lipinski definition) is 1. The molecule has 0 aliphatic heterocycles. The van der Waals surface area contributed by atoms with Crippen LogP contribution in [0.2, 0.25) is 5.02 Å². The Kier molecular flexibility index (Phi) is 6.63. The minimum Gasteiger partial charge on any atom is -0.484 e. The molecule has 0 fully saturated rings. The molecule has 1 N–H and O–H groups in total. The van der Waals surface area contributed by atoms with Gasteiger partial charge in [-0.05, 0) is 36.2 Å². The highest BCUT2D eigenvalue weighted by Crippen LogP contribution is 2.15. The van der Waals surface area contributed by atoms with Gasteiger partial charge in [-0.2, -0.15) is 5.10 Å². The predicted molar refractivity (Wildman–Crippen MR) is 93.0 cm³/mol. The van der Waals surface area contributed by atoms with Crippen molar-refractivity contribution in [2.75, 3.05) is 6.61 Å². The zero-order valence-electron chi connectivity index (χ0n) is 13.0. The lowest BCUT2D eigenvalue weighted by Gasteiger charge is -2.07. The first-order valence-electron chi connectivity index (χ1n) is 7.48. The van der Waals surface area contributed by atoms with Crippen LogP contribution in [0.1, 0.15) is 25.3 Å². The number of hydrazone groups is 1. The van der Waals surface area contributed by atoms with Crippen LogP contribution in [0, 0.1) is 0 Å². The maximum atomic E-state index is 11.9. The highest BCUT2D eigenvalue weighted by Gasteiger charge is 2.05. The molecule has 0 unspecified atom stereocenters. The van der Waals surface area contributed by atoms with E-state index in [2.05, 4.69) is 17.5 Å². The molecule has 5 heteroatoms. The number of nitrogens with one attached hydrogen (secondary N) is 1. The molecule has 0 bridgehead atoms. The summed E-state index contributed by atoms with van der Waals surface area (Å²) in [5, 5.41) is 4.85. The zero-order valence-corrected chi connectivity index (χ0v) is 13.7. The van der Waals surface area contributed by atoms with Gasteiger partial charge in [0.2, 0.25) is 0 Å². The highest BCUT2D eigenvalue weighted by atomic mass is 35.5. The number of benzene rings is 2. The van der Waals surface area contributed by atoms with Gasteiger partial charge in [0.1, 0.15) is 5.75 Å². The highest BCUT2D eigenvalue weighted by molar-refractivity contribution is 6.30. The van der Waals surface area contributed by atoms with Crippen molar-refractivity contribution >= 4 is 23.2 Å². The van der Waals surface area contributed by atoms with Crippen molar-refractivity contribution in [3.63, 3.8) is 0 Å². The summed E-state index contributed by atoms with van der Waals surface area (Å²) < 4.78 is 5.38. The van der Waals surface area contributed by atoms with E-state index in [4.69, 9.17) is 16.3 Å². The fourth-order valence-electron chi connectivity index (χ4n) is 1.97. The molecule has 0 saturated carbocycles. The molecule has 0 radical (unpaired) electrons. The number of hydrogen-bond acceptors (Lipinski definition) is 3. The zero-order chi connectivity index (χ0) is 16.5.